The third-order valence-corrected chi connectivity index (χ3v) is 6.20. The van der Waals surface area contributed by atoms with Crippen molar-refractivity contribution in [1.82, 2.24) is 4.98 Å². The lowest BCUT2D eigenvalue weighted by Gasteiger charge is -2.04. The molecular weight excluding hydrogens is 407 g/mol. The summed E-state index contributed by atoms with van der Waals surface area (Å²) >= 11 is 14.9. The van der Waals surface area contributed by atoms with Gasteiger partial charge in [0.1, 0.15) is 0 Å². The monoisotopic (exact) mass is 422 g/mol. The minimum Gasteiger partial charge on any atom is -0.301 e. The Kier molecular flexibility index (Phi) is 6.59. The van der Waals surface area contributed by atoms with Gasteiger partial charge < -0.3 is 5.32 Å². The highest BCUT2D eigenvalue weighted by Gasteiger charge is 2.10. The van der Waals surface area contributed by atoms with Gasteiger partial charge in [0.15, 0.2) is 5.13 Å². The third-order valence-electron chi connectivity index (χ3n) is 3.55. The van der Waals surface area contributed by atoms with Gasteiger partial charge in [-0.15, -0.1) is 23.1 Å². The molecule has 0 saturated carbocycles. The second kappa shape index (κ2) is 8.91. The summed E-state index contributed by atoms with van der Waals surface area (Å²) in [4.78, 5) is 18.3. The Hall–Kier alpha value is -1.53. The number of amides is 1. The Balaban J connectivity index is 1.54. The highest BCUT2D eigenvalue weighted by atomic mass is 35.5. The van der Waals surface area contributed by atoms with Crippen LogP contribution in [0.25, 0.3) is 0 Å². The number of thiazole rings is 1. The van der Waals surface area contributed by atoms with Crippen LogP contribution in [0, 0.1) is 6.92 Å². The van der Waals surface area contributed by atoms with E-state index in [0.717, 1.165) is 16.2 Å². The number of aromatic nitrogens is 1. The van der Waals surface area contributed by atoms with Crippen molar-refractivity contribution >= 4 is 57.3 Å². The number of halogens is 2. The number of aryl methyl sites for hydroxylation is 1. The number of hydrogen-bond acceptors (Lipinski definition) is 4. The minimum absolute atomic E-state index is 0.123. The molecule has 0 aliphatic heterocycles. The van der Waals surface area contributed by atoms with Gasteiger partial charge >= 0.3 is 0 Å². The van der Waals surface area contributed by atoms with Gasteiger partial charge in [-0.05, 0) is 30.7 Å². The SMILES string of the molecule is Cc1ccc(Cc2cnc(NC(=O)CSc3cc(Cl)ccc3Cl)s2)cc1. The summed E-state index contributed by atoms with van der Waals surface area (Å²) < 4.78 is 0. The van der Waals surface area contributed by atoms with E-state index in [-0.39, 0.29) is 11.7 Å². The largest absolute Gasteiger partial charge is 0.301 e. The van der Waals surface area contributed by atoms with Gasteiger partial charge in [-0.3, -0.25) is 4.79 Å². The summed E-state index contributed by atoms with van der Waals surface area (Å²) in [5, 5.41) is 4.62. The molecule has 7 heteroatoms. The topological polar surface area (TPSA) is 42.0 Å². The number of anilines is 1. The number of carbonyl (C=O) groups is 1. The molecule has 1 aromatic heterocycles. The smallest absolute Gasteiger partial charge is 0.236 e. The van der Waals surface area contributed by atoms with Crippen LogP contribution in [-0.4, -0.2) is 16.6 Å². The summed E-state index contributed by atoms with van der Waals surface area (Å²) in [6.45, 7) is 2.07. The fourth-order valence-electron chi connectivity index (χ4n) is 2.24. The maximum absolute atomic E-state index is 12.1. The molecule has 0 aliphatic carbocycles. The number of carbonyl (C=O) groups excluding carboxylic acids is 1. The van der Waals surface area contributed by atoms with Crippen molar-refractivity contribution in [2.75, 3.05) is 11.1 Å². The van der Waals surface area contributed by atoms with E-state index in [0.29, 0.717) is 15.2 Å². The number of hydrogen-bond donors (Lipinski definition) is 1. The summed E-state index contributed by atoms with van der Waals surface area (Å²) in [6.07, 6.45) is 2.61. The summed E-state index contributed by atoms with van der Waals surface area (Å²) in [5.74, 6) is 0.120. The Morgan fingerprint density at radius 1 is 1.19 bits per heavy atom. The average Bonchev–Trinajstić information content (AvgIpc) is 3.04. The van der Waals surface area contributed by atoms with Gasteiger partial charge in [0.25, 0.3) is 0 Å². The van der Waals surface area contributed by atoms with Crippen molar-refractivity contribution in [3.63, 3.8) is 0 Å². The standard InChI is InChI=1S/C19H16Cl2N2OS2/c1-12-2-4-13(5-3-12)8-15-10-22-19(26-15)23-18(24)11-25-17-9-14(20)6-7-16(17)21/h2-7,9-10H,8,11H2,1H3,(H,22,23,24). The molecule has 0 aliphatic rings. The fraction of sp³-hybridized carbons (Fsp3) is 0.158. The summed E-state index contributed by atoms with van der Waals surface area (Å²) in [5.41, 5.74) is 2.46. The van der Waals surface area contributed by atoms with Crippen LogP contribution in [-0.2, 0) is 11.2 Å². The van der Waals surface area contributed by atoms with Crippen LogP contribution in [0.3, 0.4) is 0 Å². The van der Waals surface area contributed by atoms with E-state index in [2.05, 4.69) is 41.5 Å². The predicted octanol–water partition coefficient (Wildman–Crippen LogP) is 6.08. The maximum atomic E-state index is 12.1. The van der Waals surface area contributed by atoms with Gasteiger partial charge in [-0.2, -0.15) is 0 Å². The van der Waals surface area contributed by atoms with Crippen molar-refractivity contribution in [3.05, 3.63) is 74.7 Å². The first-order chi connectivity index (χ1) is 12.5. The molecule has 1 heterocycles. The predicted molar refractivity (Wildman–Crippen MR) is 112 cm³/mol. The zero-order chi connectivity index (χ0) is 18.5. The Labute approximate surface area is 170 Å². The van der Waals surface area contributed by atoms with Gasteiger partial charge in [0, 0.05) is 27.4 Å². The van der Waals surface area contributed by atoms with E-state index >= 15 is 0 Å². The molecule has 0 unspecified atom stereocenters. The van der Waals surface area contributed by atoms with Crippen LogP contribution in [0.2, 0.25) is 10.0 Å². The van der Waals surface area contributed by atoms with E-state index in [1.807, 2.05) is 0 Å². The van der Waals surface area contributed by atoms with Crippen LogP contribution in [0.5, 0.6) is 0 Å². The lowest BCUT2D eigenvalue weighted by Crippen LogP contribution is -2.13. The lowest BCUT2D eigenvalue weighted by atomic mass is 10.1. The van der Waals surface area contributed by atoms with Crippen LogP contribution in [0.15, 0.2) is 53.6 Å². The van der Waals surface area contributed by atoms with Gasteiger partial charge in [0.2, 0.25) is 5.91 Å². The van der Waals surface area contributed by atoms with Crippen molar-refractivity contribution in [1.29, 1.82) is 0 Å². The zero-order valence-electron chi connectivity index (χ0n) is 14.0. The lowest BCUT2D eigenvalue weighted by molar-refractivity contribution is -0.113. The van der Waals surface area contributed by atoms with Crippen LogP contribution in [0.1, 0.15) is 16.0 Å². The molecule has 1 amide bonds. The summed E-state index contributed by atoms with van der Waals surface area (Å²) in [7, 11) is 0. The normalized spacial score (nSPS) is 10.7. The first kappa shape index (κ1) is 19.2. The highest BCUT2D eigenvalue weighted by Crippen LogP contribution is 2.30. The number of nitrogens with one attached hydrogen (secondary N) is 1. The quantitative estimate of drug-likeness (QED) is 0.489. The van der Waals surface area contributed by atoms with E-state index in [1.54, 1.807) is 24.4 Å². The van der Waals surface area contributed by atoms with E-state index in [1.165, 1.54) is 34.2 Å². The molecule has 0 fully saturated rings. The van der Waals surface area contributed by atoms with Gasteiger partial charge in [-0.1, -0.05) is 53.0 Å². The molecule has 1 N–H and O–H groups in total. The maximum Gasteiger partial charge on any atom is 0.236 e. The van der Waals surface area contributed by atoms with Crippen molar-refractivity contribution in [2.24, 2.45) is 0 Å². The van der Waals surface area contributed by atoms with Crippen LogP contribution < -0.4 is 5.32 Å². The van der Waals surface area contributed by atoms with E-state index < -0.39 is 0 Å². The van der Waals surface area contributed by atoms with E-state index in [4.69, 9.17) is 23.2 Å². The Morgan fingerprint density at radius 3 is 2.73 bits per heavy atom. The molecule has 0 radical (unpaired) electrons. The molecule has 0 atom stereocenters. The molecule has 0 saturated heterocycles. The molecule has 3 rings (SSSR count). The molecular formula is C19H16Cl2N2OS2. The highest BCUT2D eigenvalue weighted by molar-refractivity contribution is 8.00. The molecule has 134 valence electrons. The fourth-order valence-corrected chi connectivity index (χ4v) is 4.40. The number of nitrogens with zero attached hydrogens (tertiary/aromatic N) is 1. The second-order valence-corrected chi connectivity index (χ2v) is 8.68. The first-order valence-corrected chi connectivity index (χ1v) is 10.4. The number of thioether (sulfide) groups is 1. The zero-order valence-corrected chi connectivity index (χ0v) is 17.1. The average molecular weight is 423 g/mol. The van der Waals surface area contributed by atoms with E-state index in [9.17, 15) is 4.79 Å². The third kappa shape index (κ3) is 5.48. The molecule has 0 bridgehead atoms. The minimum atomic E-state index is -0.123. The second-order valence-electron chi connectivity index (χ2n) is 5.71. The molecule has 3 nitrogen and oxygen atoms in total. The van der Waals surface area contributed by atoms with Gasteiger partial charge in [-0.25, -0.2) is 4.98 Å². The van der Waals surface area contributed by atoms with Crippen molar-refractivity contribution < 1.29 is 4.79 Å². The van der Waals surface area contributed by atoms with Crippen molar-refractivity contribution in [3.8, 4) is 0 Å². The van der Waals surface area contributed by atoms with Crippen LogP contribution in [0.4, 0.5) is 5.13 Å². The Bertz CT molecular complexity index is 910. The first-order valence-electron chi connectivity index (χ1n) is 7.87. The number of rotatable bonds is 6. The molecule has 2 aromatic carbocycles. The number of benzene rings is 2. The Morgan fingerprint density at radius 2 is 1.96 bits per heavy atom. The van der Waals surface area contributed by atoms with Gasteiger partial charge in [0.05, 0.1) is 10.8 Å². The molecule has 0 spiro atoms. The molecule has 3 aromatic rings. The van der Waals surface area contributed by atoms with Crippen molar-refractivity contribution in [2.45, 2.75) is 18.2 Å². The summed E-state index contributed by atoms with van der Waals surface area (Å²) in [6, 6.07) is 13.6. The molecule has 26 heavy (non-hydrogen) atoms. The van der Waals surface area contributed by atoms with Crippen LogP contribution >= 0.6 is 46.3 Å².